The van der Waals surface area contributed by atoms with E-state index in [1.54, 1.807) is 38.2 Å². The number of thioether (sulfide) groups is 1. The minimum atomic E-state index is -1.23. The lowest BCUT2D eigenvalue weighted by atomic mass is 9.81. The SMILES string of the molecule is CCOC(=S)SC(CCN1C(=O)c2ccccc2C1=O)B1OC(=O)CN(C)CC(=O)O1. The van der Waals surface area contributed by atoms with Gasteiger partial charge >= 0.3 is 19.1 Å². The van der Waals surface area contributed by atoms with Gasteiger partial charge in [0.2, 0.25) is 4.38 Å². The predicted octanol–water partition coefficient (Wildman–Crippen LogP) is 1.16. The molecule has 0 spiro atoms. The average molecular weight is 464 g/mol. The molecular weight excluding hydrogens is 443 g/mol. The van der Waals surface area contributed by atoms with Crippen LogP contribution >= 0.6 is 24.0 Å². The molecule has 2 aliphatic rings. The molecule has 0 bridgehead atoms. The summed E-state index contributed by atoms with van der Waals surface area (Å²) in [4.78, 5) is 52.2. The van der Waals surface area contributed by atoms with Crippen LogP contribution in [0.25, 0.3) is 0 Å². The number of likely N-dealkylation sites (N-methyl/N-ethyl adjacent to an activating group) is 1. The second-order valence-electron chi connectivity index (χ2n) is 6.96. The zero-order chi connectivity index (χ0) is 22.5. The Morgan fingerprint density at radius 2 is 1.68 bits per heavy atom. The molecule has 1 atom stereocenters. The number of carbonyl (C=O) groups is 4. The summed E-state index contributed by atoms with van der Waals surface area (Å²) in [7, 11) is 0.369. The van der Waals surface area contributed by atoms with E-state index in [9.17, 15) is 19.2 Å². The van der Waals surface area contributed by atoms with E-state index in [1.807, 2.05) is 0 Å². The second kappa shape index (κ2) is 10.2. The summed E-state index contributed by atoms with van der Waals surface area (Å²) in [5.41, 5.74) is 0.682. The Morgan fingerprint density at radius 1 is 1.13 bits per heavy atom. The fourth-order valence-electron chi connectivity index (χ4n) is 3.23. The third-order valence-corrected chi connectivity index (χ3v) is 6.10. The molecular formula is C19H21BN2O7S2. The quantitative estimate of drug-likeness (QED) is 0.346. The number of nitrogens with zero attached hydrogens (tertiary/aromatic N) is 2. The smallest absolute Gasteiger partial charge is 0.497 e. The van der Waals surface area contributed by atoms with Gasteiger partial charge in [0.15, 0.2) is 0 Å². The van der Waals surface area contributed by atoms with Crippen LogP contribution in [0.2, 0.25) is 0 Å². The summed E-state index contributed by atoms with van der Waals surface area (Å²) in [6.07, 6.45) is 0.171. The number of carbonyl (C=O) groups excluding carboxylic acids is 4. The number of thiocarbonyl (C=S) groups is 1. The van der Waals surface area contributed by atoms with Crippen molar-refractivity contribution in [2.24, 2.45) is 0 Å². The number of amides is 2. The summed E-state index contributed by atoms with van der Waals surface area (Å²) in [5, 5.41) is -0.667. The van der Waals surface area contributed by atoms with Gasteiger partial charge in [-0.2, -0.15) is 0 Å². The first kappa shape index (κ1) is 23.2. The molecule has 31 heavy (non-hydrogen) atoms. The van der Waals surface area contributed by atoms with Crippen molar-refractivity contribution in [2.45, 2.75) is 18.5 Å². The normalized spacial score (nSPS) is 18.1. The molecule has 1 saturated heterocycles. The fraction of sp³-hybridized carbons (Fsp3) is 0.421. The van der Waals surface area contributed by atoms with Gasteiger partial charge in [-0.1, -0.05) is 23.9 Å². The van der Waals surface area contributed by atoms with E-state index in [-0.39, 0.29) is 30.4 Å². The van der Waals surface area contributed by atoms with Crippen molar-refractivity contribution >= 4 is 59.2 Å². The average Bonchev–Trinajstić information content (AvgIpc) is 2.94. The van der Waals surface area contributed by atoms with E-state index in [0.717, 1.165) is 16.7 Å². The van der Waals surface area contributed by atoms with Crippen LogP contribution in [0.3, 0.4) is 0 Å². The molecule has 0 aromatic heterocycles. The van der Waals surface area contributed by atoms with E-state index >= 15 is 0 Å². The summed E-state index contributed by atoms with van der Waals surface area (Å²) in [6.45, 7) is 2.00. The molecule has 12 heteroatoms. The molecule has 1 fully saturated rings. The van der Waals surface area contributed by atoms with Gasteiger partial charge in [-0.25, -0.2) is 0 Å². The largest absolute Gasteiger partial charge is 0.613 e. The lowest BCUT2D eigenvalue weighted by molar-refractivity contribution is -0.145. The van der Waals surface area contributed by atoms with Crippen LogP contribution in [-0.2, 0) is 23.6 Å². The molecule has 1 aromatic rings. The maximum Gasteiger partial charge on any atom is 0.613 e. The fourth-order valence-corrected chi connectivity index (χ4v) is 4.60. The Labute approximate surface area is 189 Å². The summed E-state index contributed by atoms with van der Waals surface area (Å²) >= 11 is 6.25. The van der Waals surface area contributed by atoms with Crippen LogP contribution in [0.1, 0.15) is 34.1 Å². The van der Waals surface area contributed by atoms with Gasteiger partial charge < -0.3 is 14.0 Å². The first-order valence-corrected chi connectivity index (χ1v) is 10.9. The van der Waals surface area contributed by atoms with Crippen LogP contribution in [0.5, 0.6) is 0 Å². The number of imide groups is 1. The highest BCUT2D eigenvalue weighted by Gasteiger charge is 2.43. The lowest BCUT2D eigenvalue weighted by Crippen LogP contribution is -2.48. The molecule has 164 valence electrons. The molecule has 1 unspecified atom stereocenters. The Kier molecular flexibility index (Phi) is 7.68. The van der Waals surface area contributed by atoms with Gasteiger partial charge in [0.05, 0.1) is 36.0 Å². The van der Waals surface area contributed by atoms with E-state index < -0.39 is 36.0 Å². The molecule has 0 saturated carbocycles. The highest BCUT2D eigenvalue weighted by molar-refractivity contribution is 8.23. The number of hydrogen-bond acceptors (Lipinski definition) is 10. The van der Waals surface area contributed by atoms with E-state index in [1.165, 1.54) is 4.90 Å². The van der Waals surface area contributed by atoms with Gasteiger partial charge in [0.1, 0.15) is 0 Å². The molecule has 0 N–H and O–H groups in total. The number of fused-ring (bicyclic) bond motifs is 1. The van der Waals surface area contributed by atoms with Crippen molar-refractivity contribution < 1.29 is 33.2 Å². The third kappa shape index (κ3) is 5.63. The van der Waals surface area contributed by atoms with Crippen LogP contribution in [0.15, 0.2) is 24.3 Å². The topological polar surface area (TPSA) is 102 Å². The third-order valence-electron chi connectivity index (χ3n) is 4.62. The zero-order valence-corrected chi connectivity index (χ0v) is 18.7. The minimum Gasteiger partial charge on any atom is -0.497 e. The predicted molar refractivity (Wildman–Crippen MR) is 117 cm³/mol. The molecule has 2 heterocycles. The number of ether oxygens (including phenoxy) is 1. The summed E-state index contributed by atoms with van der Waals surface area (Å²) < 4.78 is 16.2. The first-order valence-electron chi connectivity index (χ1n) is 9.66. The number of rotatable bonds is 6. The van der Waals surface area contributed by atoms with E-state index in [0.29, 0.717) is 17.7 Å². The van der Waals surface area contributed by atoms with Gasteiger partial charge in [-0.15, -0.1) is 0 Å². The van der Waals surface area contributed by atoms with Gasteiger partial charge in [-0.05, 0) is 44.7 Å². The van der Waals surface area contributed by atoms with Crippen molar-refractivity contribution in [1.82, 2.24) is 9.80 Å². The van der Waals surface area contributed by atoms with Crippen molar-refractivity contribution in [3.05, 3.63) is 35.4 Å². The Balaban J connectivity index is 1.75. The van der Waals surface area contributed by atoms with Gasteiger partial charge in [-0.3, -0.25) is 29.0 Å². The standard InChI is InChI=1S/C19H21BN2O7S2/c1-3-27-19(30)31-14(20-28-15(23)10-21(2)11-16(24)29-20)8-9-22-17(25)12-6-4-5-7-13(12)18(22)26/h4-7,14H,3,8-11H2,1-2H3. The van der Waals surface area contributed by atoms with Crippen molar-refractivity contribution in [3.63, 3.8) is 0 Å². The number of benzene rings is 1. The molecule has 2 amide bonds. The van der Waals surface area contributed by atoms with E-state index in [4.69, 9.17) is 26.3 Å². The Bertz CT molecular complexity index is 858. The molecule has 0 radical (unpaired) electrons. The first-order chi connectivity index (χ1) is 14.8. The van der Waals surface area contributed by atoms with E-state index in [2.05, 4.69) is 0 Å². The van der Waals surface area contributed by atoms with Gasteiger partial charge in [0, 0.05) is 6.54 Å². The lowest BCUT2D eigenvalue weighted by Gasteiger charge is -2.27. The van der Waals surface area contributed by atoms with Crippen LogP contribution < -0.4 is 0 Å². The maximum absolute atomic E-state index is 12.6. The molecule has 3 rings (SSSR count). The highest BCUT2D eigenvalue weighted by atomic mass is 32.2. The van der Waals surface area contributed by atoms with Crippen LogP contribution in [0, 0.1) is 0 Å². The van der Waals surface area contributed by atoms with Crippen LogP contribution in [-0.4, -0.2) is 83.5 Å². The molecule has 0 aliphatic carbocycles. The monoisotopic (exact) mass is 464 g/mol. The Hall–Kier alpha value is -2.44. The molecule has 2 aliphatic heterocycles. The van der Waals surface area contributed by atoms with Crippen molar-refractivity contribution in [2.75, 3.05) is 33.3 Å². The molecule has 1 aromatic carbocycles. The summed E-state index contributed by atoms with van der Waals surface area (Å²) in [6, 6.07) is 6.58. The second-order valence-corrected chi connectivity index (χ2v) is 8.80. The number of hydrogen-bond donors (Lipinski definition) is 0. The summed E-state index contributed by atoms with van der Waals surface area (Å²) in [5.74, 6) is -1.92. The van der Waals surface area contributed by atoms with Crippen molar-refractivity contribution in [1.29, 1.82) is 0 Å². The van der Waals surface area contributed by atoms with Crippen LogP contribution in [0.4, 0.5) is 0 Å². The minimum absolute atomic E-state index is 0.0320. The van der Waals surface area contributed by atoms with Gasteiger partial charge in [0.25, 0.3) is 11.8 Å². The molecule has 9 nitrogen and oxygen atoms in total. The Morgan fingerprint density at radius 3 is 2.19 bits per heavy atom. The highest BCUT2D eigenvalue weighted by Crippen LogP contribution is 2.27. The van der Waals surface area contributed by atoms with Crippen molar-refractivity contribution in [3.8, 4) is 0 Å². The zero-order valence-electron chi connectivity index (χ0n) is 17.1. The maximum atomic E-state index is 12.6.